The van der Waals surface area contributed by atoms with Gasteiger partial charge in [0.25, 0.3) is 0 Å². The van der Waals surface area contributed by atoms with Gasteiger partial charge in [-0.25, -0.2) is 0 Å². The van der Waals surface area contributed by atoms with Crippen molar-refractivity contribution in [2.45, 2.75) is 64.0 Å². The number of carbonyl (C=O) groups excluding carboxylic acids is 1. The van der Waals surface area contributed by atoms with Gasteiger partial charge in [0.1, 0.15) is 12.4 Å². The molecule has 0 spiro atoms. The normalized spacial score (nSPS) is 29.4. The third-order valence-corrected chi connectivity index (χ3v) is 8.27. The number of nitrogens with zero attached hydrogens (tertiary/aromatic N) is 6. The predicted octanol–water partition coefficient (Wildman–Crippen LogP) is 3.36. The Hall–Kier alpha value is -3.02. The van der Waals surface area contributed by atoms with Crippen molar-refractivity contribution in [2.24, 2.45) is 17.3 Å². The van der Waals surface area contributed by atoms with Crippen LogP contribution < -0.4 is 5.32 Å². The van der Waals surface area contributed by atoms with Gasteiger partial charge in [-0.1, -0.05) is 11.6 Å². The minimum Gasteiger partial charge on any atom is -0.358 e. The lowest BCUT2D eigenvalue weighted by Gasteiger charge is -2.61. The van der Waals surface area contributed by atoms with E-state index in [9.17, 15) is 25.0 Å². The molecule has 4 fully saturated rings. The number of nitro groups is 2. The number of hydrogen-bond acceptors (Lipinski definition) is 7. The summed E-state index contributed by atoms with van der Waals surface area (Å²) < 4.78 is 3.23. The van der Waals surface area contributed by atoms with Crippen molar-refractivity contribution in [2.75, 3.05) is 6.54 Å². The monoisotopic (exact) mass is 491 g/mol. The van der Waals surface area contributed by atoms with E-state index in [2.05, 4.69) is 15.5 Å². The van der Waals surface area contributed by atoms with E-state index in [4.69, 9.17) is 11.6 Å². The number of amides is 1. The molecule has 2 aromatic heterocycles. The van der Waals surface area contributed by atoms with Crippen LogP contribution >= 0.6 is 11.6 Å². The zero-order valence-electron chi connectivity index (χ0n) is 18.8. The van der Waals surface area contributed by atoms with E-state index in [1.807, 2.05) is 0 Å². The van der Waals surface area contributed by atoms with Crippen LogP contribution in [-0.2, 0) is 16.9 Å². The Morgan fingerprint density at radius 2 is 1.94 bits per heavy atom. The summed E-state index contributed by atoms with van der Waals surface area (Å²) in [5.74, 6) is 0.556. The molecule has 0 aromatic carbocycles. The van der Waals surface area contributed by atoms with Crippen LogP contribution in [0.2, 0.25) is 5.02 Å². The Bertz CT molecular complexity index is 1160. The van der Waals surface area contributed by atoms with Gasteiger partial charge in [0, 0.05) is 13.0 Å². The van der Waals surface area contributed by atoms with Gasteiger partial charge < -0.3 is 15.4 Å². The zero-order valence-corrected chi connectivity index (χ0v) is 19.5. The molecular weight excluding hydrogens is 466 g/mol. The molecular formula is C21H26ClN7O5. The highest BCUT2D eigenvalue weighted by Crippen LogP contribution is 2.65. The highest BCUT2D eigenvalue weighted by molar-refractivity contribution is 6.33. The maximum Gasteiger partial charge on any atom is 0.408 e. The molecule has 2 unspecified atom stereocenters. The van der Waals surface area contributed by atoms with Gasteiger partial charge in [-0.15, -0.1) is 0 Å². The van der Waals surface area contributed by atoms with Crippen molar-refractivity contribution >= 4 is 29.0 Å². The highest BCUT2D eigenvalue weighted by atomic mass is 35.5. The van der Waals surface area contributed by atoms with Gasteiger partial charge in [-0.2, -0.15) is 9.78 Å². The van der Waals surface area contributed by atoms with E-state index in [-0.39, 0.29) is 33.4 Å². The molecule has 0 aliphatic heterocycles. The minimum absolute atomic E-state index is 0.0556. The Labute approximate surface area is 199 Å². The van der Waals surface area contributed by atoms with Crippen LogP contribution in [0.1, 0.15) is 50.6 Å². The lowest BCUT2D eigenvalue weighted by molar-refractivity contribution is -0.389. The lowest BCUT2D eigenvalue weighted by Crippen LogP contribution is -2.58. The quantitative estimate of drug-likeness (QED) is 0.439. The number of hydrogen-bond donors (Lipinski definition) is 1. The van der Waals surface area contributed by atoms with Crippen molar-refractivity contribution in [3.8, 4) is 0 Å². The Balaban J connectivity index is 1.29. The maximum absolute atomic E-state index is 12.9. The smallest absolute Gasteiger partial charge is 0.358 e. The zero-order chi connectivity index (χ0) is 24.3. The van der Waals surface area contributed by atoms with Crippen molar-refractivity contribution in [3.63, 3.8) is 0 Å². The van der Waals surface area contributed by atoms with E-state index < -0.39 is 9.85 Å². The summed E-state index contributed by atoms with van der Waals surface area (Å²) in [5.41, 5.74) is 0.0150. The van der Waals surface area contributed by atoms with Gasteiger partial charge in [0.2, 0.25) is 5.91 Å². The summed E-state index contributed by atoms with van der Waals surface area (Å²) in [5, 5.41) is 33.5. The van der Waals surface area contributed by atoms with Gasteiger partial charge in [-0.3, -0.25) is 19.6 Å². The predicted molar refractivity (Wildman–Crippen MR) is 120 cm³/mol. The lowest BCUT2D eigenvalue weighted by atomic mass is 9.46. The van der Waals surface area contributed by atoms with Crippen LogP contribution in [0.15, 0.2) is 12.4 Å². The molecule has 2 atom stereocenters. The molecule has 34 heavy (non-hydrogen) atoms. The first kappa shape index (κ1) is 22.8. The van der Waals surface area contributed by atoms with E-state index >= 15 is 0 Å². The van der Waals surface area contributed by atoms with E-state index in [1.165, 1.54) is 17.1 Å². The van der Waals surface area contributed by atoms with E-state index in [0.29, 0.717) is 37.0 Å². The summed E-state index contributed by atoms with van der Waals surface area (Å²) in [7, 11) is 0. The molecule has 13 heteroatoms. The van der Waals surface area contributed by atoms with Crippen LogP contribution in [0.25, 0.3) is 0 Å². The Morgan fingerprint density at radius 3 is 2.53 bits per heavy atom. The topological polar surface area (TPSA) is 151 Å². The second kappa shape index (κ2) is 8.03. The number of carbonyl (C=O) groups is 1. The van der Waals surface area contributed by atoms with Gasteiger partial charge in [0.05, 0.1) is 27.8 Å². The average molecular weight is 492 g/mol. The first-order valence-corrected chi connectivity index (χ1v) is 11.8. The van der Waals surface area contributed by atoms with Gasteiger partial charge >= 0.3 is 11.5 Å². The molecule has 0 saturated heterocycles. The Morgan fingerprint density at radius 1 is 1.24 bits per heavy atom. The number of halogens is 1. The summed E-state index contributed by atoms with van der Waals surface area (Å²) in [4.78, 5) is 34.1. The number of aromatic nitrogens is 4. The first-order chi connectivity index (χ1) is 16.1. The Kier molecular flexibility index (Phi) is 5.38. The molecule has 4 aliphatic rings. The third kappa shape index (κ3) is 3.83. The highest BCUT2D eigenvalue weighted by Gasteiger charge is 2.60. The molecule has 4 bridgehead atoms. The third-order valence-electron chi connectivity index (χ3n) is 7.83. The molecule has 182 valence electrons. The van der Waals surface area contributed by atoms with Crippen LogP contribution in [0.5, 0.6) is 0 Å². The summed E-state index contributed by atoms with van der Waals surface area (Å²) in [6.07, 6.45) is 8.54. The van der Waals surface area contributed by atoms with Crippen molar-refractivity contribution in [1.29, 1.82) is 0 Å². The van der Waals surface area contributed by atoms with Crippen molar-refractivity contribution in [1.82, 2.24) is 24.9 Å². The summed E-state index contributed by atoms with van der Waals surface area (Å²) in [6, 6.07) is 0. The summed E-state index contributed by atoms with van der Waals surface area (Å²) in [6.45, 7) is 2.45. The molecule has 6 rings (SSSR count). The molecule has 2 aromatic rings. The van der Waals surface area contributed by atoms with Gasteiger partial charge in [0.15, 0.2) is 5.02 Å². The van der Waals surface area contributed by atoms with Crippen LogP contribution in [0.4, 0.5) is 11.5 Å². The van der Waals surface area contributed by atoms with E-state index in [1.54, 1.807) is 11.6 Å². The summed E-state index contributed by atoms with van der Waals surface area (Å²) >= 11 is 6.26. The minimum atomic E-state index is -0.538. The molecule has 1 N–H and O–H groups in total. The number of nitrogens with one attached hydrogen (secondary N) is 1. The molecule has 4 saturated carbocycles. The second-order valence-corrected chi connectivity index (χ2v) is 10.7. The van der Waals surface area contributed by atoms with Crippen molar-refractivity contribution in [3.05, 3.63) is 43.3 Å². The van der Waals surface area contributed by atoms with Crippen LogP contribution in [-0.4, -0.2) is 41.9 Å². The standard InChI is InChI=1S/C21H26ClN7O5/c1-13-18(22)19(29(33)34)25-27(13)21-7-14-4-15(8-21)6-20(5-14,12-21)9-17(30)23-2-3-26-11-16(10-24-26)28(31)32/h10-11,14-15H,2-9,12H2,1H3,(H,23,30). The molecule has 12 nitrogen and oxygen atoms in total. The molecule has 4 aliphatic carbocycles. The fourth-order valence-corrected chi connectivity index (χ4v) is 7.37. The van der Waals surface area contributed by atoms with E-state index in [0.717, 1.165) is 38.5 Å². The fourth-order valence-electron chi connectivity index (χ4n) is 7.19. The first-order valence-electron chi connectivity index (χ1n) is 11.4. The SMILES string of the molecule is Cc1c(Cl)c([N+](=O)[O-])nn1C12CC3CC(CC(CC(=O)NCCn4cc([N+](=O)[O-])cn4)(C3)C1)C2. The van der Waals surface area contributed by atoms with Gasteiger partial charge in [-0.05, 0) is 67.6 Å². The maximum atomic E-state index is 12.9. The fraction of sp³-hybridized carbons (Fsp3) is 0.667. The molecule has 2 heterocycles. The molecule has 1 amide bonds. The number of rotatable bonds is 8. The van der Waals surface area contributed by atoms with Crippen LogP contribution in [0, 0.1) is 44.4 Å². The largest absolute Gasteiger partial charge is 0.408 e. The second-order valence-electron chi connectivity index (χ2n) is 10.3. The molecule has 0 radical (unpaired) electrons. The average Bonchev–Trinajstić information content (AvgIpc) is 3.32. The van der Waals surface area contributed by atoms with Crippen molar-refractivity contribution < 1.29 is 14.6 Å². The van der Waals surface area contributed by atoms with Crippen LogP contribution in [0.3, 0.4) is 0 Å².